The molecule has 6 nitrogen and oxygen atoms in total. The molecule has 0 aromatic carbocycles. The molecule has 6 heteroatoms. The Labute approximate surface area is 68.7 Å². The van der Waals surface area contributed by atoms with Crippen molar-refractivity contribution in [2.75, 3.05) is 17.3 Å². The van der Waals surface area contributed by atoms with Crippen molar-refractivity contribution >= 4 is 17.3 Å². The minimum absolute atomic E-state index is 0.0511. The van der Waals surface area contributed by atoms with Gasteiger partial charge >= 0.3 is 0 Å². The molecule has 12 heavy (non-hydrogen) atoms. The van der Waals surface area contributed by atoms with E-state index in [0.29, 0.717) is 23.9 Å². The highest BCUT2D eigenvalue weighted by molar-refractivity contribution is 6.01. The van der Waals surface area contributed by atoms with E-state index >= 15 is 0 Å². The SMILES string of the molecule is N=C(N)c1ncnc2c1NCN2. The summed E-state index contributed by atoms with van der Waals surface area (Å²) >= 11 is 0. The molecule has 1 aliphatic heterocycles. The minimum Gasteiger partial charge on any atom is -0.382 e. The van der Waals surface area contributed by atoms with Crippen LogP contribution in [-0.4, -0.2) is 22.5 Å². The van der Waals surface area contributed by atoms with E-state index in [-0.39, 0.29) is 5.84 Å². The largest absolute Gasteiger partial charge is 0.382 e. The van der Waals surface area contributed by atoms with E-state index < -0.39 is 0 Å². The summed E-state index contributed by atoms with van der Waals surface area (Å²) in [5.41, 5.74) is 6.47. The zero-order valence-electron chi connectivity index (χ0n) is 6.26. The summed E-state index contributed by atoms with van der Waals surface area (Å²) < 4.78 is 0. The summed E-state index contributed by atoms with van der Waals surface area (Å²) in [5, 5.41) is 13.2. The van der Waals surface area contributed by atoms with Crippen molar-refractivity contribution in [2.45, 2.75) is 0 Å². The smallest absolute Gasteiger partial charge is 0.155 e. The molecule has 0 saturated heterocycles. The van der Waals surface area contributed by atoms with Crippen LogP contribution in [0.3, 0.4) is 0 Å². The van der Waals surface area contributed by atoms with Crippen LogP contribution >= 0.6 is 0 Å². The summed E-state index contributed by atoms with van der Waals surface area (Å²) in [6, 6.07) is 0. The Hall–Kier alpha value is -1.85. The van der Waals surface area contributed by atoms with Gasteiger partial charge < -0.3 is 16.4 Å². The fourth-order valence-electron chi connectivity index (χ4n) is 1.11. The maximum Gasteiger partial charge on any atom is 0.155 e. The molecule has 0 amide bonds. The summed E-state index contributed by atoms with van der Waals surface area (Å²) in [5.74, 6) is 0.653. The number of nitrogens with two attached hydrogens (primary N) is 1. The second-order valence-electron chi connectivity index (χ2n) is 2.39. The summed E-state index contributed by atoms with van der Waals surface area (Å²) in [4.78, 5) is 7.85. The fraction of sp³-hybridized carbons (Fsp3) is 0.167. The molecular formula is C6H8N6. The van der Waals surface area contributed by atoms with Gasteiger partial charge in [0.15, 0.2) is 5.82 Å². The van der Waals surface area contributed by atoms with Crippen LogP contribution < -0.4 is 16.4 Å². The third kappa shape index (κ3) is 0.849. The fourth-order valence-corrected chi connectivity index (χ4v) is 1.11. The van der Waals surface area contributed by atoms with Gasteiger partial charge in [-0.25, -0.2) is 9.97 Å². The lowest BCUT2D eigenvalue weighted by molar-refractivity contribution is 1.16. The van der Waals surface area contributed by atoms with E-state index in [0.717, 1.165) is 0 Å². The zero-order valence-corrected chi connectivity index (χ0v) is 6.26. The van der Waals surface area contributed by atoms with Crippen molar-refractivity contribution in [3.63, 3.8) is 0 Å². The van der Waals surface area contributed by atoms with Crippen LogP contribution in [0.1, 0.15) is 5.69 Å². The van der Waals surface area contributed by atoms with Gasteiger partial charge in [0.2, 0.25) is 0 Å². The second kappa shape index (κ2) is 2.33. The first-order chi connectivity index (χ1) is 5.79. The molecule has 62 valence electrons. The van der Waals surface area contributed by atoms with E-state index in [1.165, 1.54) is 6.33 Å². The topological polar surface area (TPSA) is 99.7 Å². The highest BCUT2D eigenvalue weighted by atomic mass is 15.2. The van der Waals surface area contributed by atoms with Crippen LogP contribution in [0, 0.1) is 5.41 Å². The molecular weight excluding hydrogens is 156 g/mol. The lowest BCUT2D eigenvalue weighted by Crippen LogP contribution is -2.15. The van der Waals surface area contributed by atoms with Gasteiger partial charge in [0.25, 0.3) is 0 Å². The number of amidine groups is 1. The Bertz CT molecular complexity index is 333. The number of fused-ring (bicyclic) bond motifs is 1. The third-order valence-corrected chi connectivity index (χ3v) is 1.62. The number of nitrogen functional groups attached to an aromatic ring is 1. The Morgan fingerprint density at radius 3 is 3.08 bits per heavy atom. The highest BCUT2D eigenvalue weighted by Crippen LogP contribution is 2.24. The molecule has 0 spiro atoms. The van der Waals surface area contributed by atoms with Crippen molar-refractivity contribution in [2.24, 2.45) is 5.73 Å². The third-order valence-electron chi connectivity index (χ3n) is 1.62. The standard InChI is InChI=1S/C6H8N6/c7-5(8)3-4-6(11-1-9-3)12-2-10-4/h1,10H,2H2,(H3,7,8)(H,9,11,12). The normalized spacial score (nSPS) is 13.0. The van der Waals surface area contributed by atoms with E-state index in [1.807, 2.05) is 0 Å². The van der Waals surface area contributed by atoms with Crippen LogP contribution in [0.15, 0.2) is 6.33 Å². The molecule has 0 saturated carbocycles. The summed E-state index contributed by atoms with van der Waals surface area (Å²) in [7, 11) is 0. The second-order valence-corrected chi connectivity index (χ2v) is 2.39. The number of hydrogen-bond donors (Lipinski definition) is 4. The molecule has 0 atom stereocenters. The molecule has 0 aliphatic carbocycles. The van der Waals surface area contributed by atoms with Crippen LogP contribution in [0.2, 0.25) is 0 Å². The maximum atomic E-state index is 7.22. The minimum atomic E-state index is -0.0511. The Morgan fingerprint density at radius 1 is 1.50 bits per heavy atom. The van der Waals surface area contributed by atoms with Crippen molar-refractivity contribution in [1.29, 1.82) is 5.41 Å². The number of hydrogen-bond acceptors (Lipinski definition) is 5. The average Bonchev–Trinajstić information content (AvgIpc) is 2.49. The molecule has 1 aromatic rings. The number of nitrogens with zero attached hydrogens (tertiary/aromatic N) is 2. The van der Waals surface area contributed by atoms with Gasteiger partial charge in [0.05, 0.1) is 6.67 Å². The monoisotopic (exact) mass is 164 g/mol. The van der Waals surface area contributed by atoms with Gasteiger partial charge in [-0.1, -0.05) is 0 Å². The lowest BCUT2D eigenvalue weighted by Gasteiger charge is -2.02. The van der Waals surface area contributed by atoms with Gasteiger partial charge in [-0.3, -0.25) is 5.41 Å². The Kier molecular flexibility index (Phi) is 1.33. The zero-order chi connectivity index (χ0) is 8.55. The molecule has 1 aromatic heterocycles. The number of aromatic nitrogens is 2. The molecule has 2 rings (SSSR count). The quantitative estimate of drug-likeness (QED) is 0.333. The summed E-state index contributed by atoms with van der Waals surface area (Å²) in [6.07, 6.45) is 1.38. The Balaban J connectivity index is 2.56. The molecule has 5 N–H and O–H groups in total. The summed E-state index contributed by atoms with van der Waals surface area (Å²) in [6.45, 7) is 0.605. The van der Waals surface area contributed by atoms with Gasteiger partial charge in [-0.15, -0.1) is 0 Å². The molecule has 1 aliphatic rings. The number of anilines is 2. The van der Waals surface area contributed by atoms with Crippen molar-refractivity contribution in [3.05, 3.63) is 12.0 Å². The van der Waals surface area contributed by atoms with Crippen LogP contribution in [0.5, 0.6) is 0 Å². The Morgan fingerprint density at radius 2 is 2.33 bits per heavy atom. The molecule has 0 radical (unpaired) electrons. The highest BCUT2D eigenvalue weighted by Gasteiger charge is 2.16. The van der Waals surface area contributed by atoms with Crippen LogP contribution in [-0.2, 0) is 0 Å². The van der Waals surface area contributed by atoms with Gasteiger partial charge in [-0.05, 0) is 0 Å². The lowest BCUT2D eigenvalue weighted by atomic mass is 10.3. The number of nitrogens with one attached hydrogen (secondary N) is 3. The first kappa shape index (κ1) is 6.84. The van der Waals surface area contributed by atoms with Crippen molar-refractivity contribution in [1.82, 2.24) is 9.97 Å². The van der Waals surface area contributed by atoms with Gasteiger partial charge in [0.1, 0.15) is 23.5 Å². The predicted molar refractivity (Wildman–Crippen MR) is 45.2 cm³/mol. The first-order valence-electron chi connectivity index (χ1n) is 3.46. The van der Waals surface area contributed by atoms with Gasteiger partial charge in [0, 0.05) is 0 Å². The van der Waals surface area contributed by atoms with Gasteiger partial charge in [-0.2, -0.15) is 0 Å². The predicted octanol–water partition coefficient (Wildman–Crippen LogP) is -0.444. The molecule has 0 unspecified atom stereocenters. The van der Waals surface area contributed by atoms with Crippen LogP contribution in [0.25, 0.3) is 0 Å². The van der Waals surface area contributed by atoms with E-state index in [1.54, 1.807) is 0 Å². The first-order valence-corrected chi connectivity index (χ1v) is 3.46. The maximum absolute atomic E-state index is 7.22. The van der Waals surface area contributed by atoms with E-state index in [2.05, 4.69) is 20.6 Å². The number of rotatable bonds is 1. The van der Waals surface area contributed by atoms with Crippen LogP contribution in [0.4, 0.5) is 11.5 Å². The van der Waals surface area contributed by atoms with E-state index in [9.17, 15) is 0 Å². The average molecular weight is 164 g/mol. The molecule has 0 fully saturated rings. The molecule has 0 bridgehead atoms. The molecule has 2 heterocycles. The van der Waals surface area contributed by atoms with Crippen molar-refractivity contribution in [3.8, 4) is 0 Å². The van der Waals surface area contributed by atoms with E-state index in [4.69, 9.17) is 11.1 Å². The van der Waals surface area contributed by atoms with Crippen molar-refractivity contribution < 1.29 is 0 Å².